The molecular formula is C15H21NO2S. The van der Waals surface area contributed by atoms with Crippen LogP contribution in [0.25, 0.3) is 0 Å². The molecular weight excluding hydrogens is 258 g/mol. The maximum Gasteiger partial charge on any atom is 0.332 e. The normalized spacial score (nSPS) is 26.2. The molecule has 0 saturated carbocycles. The van der Waals surface area contributed by atoms with E-state index < -0.39 is 5.54 Å². The van der Waals surface area contributed by atoms with Crippen molar-refractivity contribution in [3.8, 4) is 0 Å². The zero-order valence-electron chi connectivity index (χ0n) is 11.7. The Morgan fingerprint density at radius 1 is 1.53 bits per heavy atom. The monoisotopic (exact) mass is 279 g/mol. The zero-order chi connectivity index (χ0) is 13.9. The summed E-state index contributed by atoms with van der Waals surface area (Å²) in [6, 6.07) is 8.06. The van der Waals surface area contributed by atoms with E-state index in [-0.39, 0.29) is 5.97 Å². The van der Waals surface area contributed by atoms with Gasteiger partial charge in [0, 0.05) is 16.7 Å². The van der Waals surface area contributed by atoms with Gasteiger partial charge < -0.3 is 10.1 Å². The highest BCUT2D eigenvalue weighted by Crippen LogP contribution is 2.38. The quantitative estimate of drug-likeness (QED) is 0.859. The van der Waals surface area contributed by atoms with E-state index >= 15 is 0 Å². The fourth-order valence-electron chi connectivity index (χ4n) is 2.41. The topological polar surface area (TPSA) is 38.3 Å². The SMILES string of the molecule is CCOC(=O)C1(Nc2ccccc2C)CSC(C)C1. The predicted octanol–water partition coefficient (Wildman–Crippen LogP) is 3.23. The molecule has 1 aromatic carbocycles. The number of para-hydroxylation sites is 1. The highest BCUT2D eigenvalue weighted by atomic mass is 32.2. The molecule has 1 aliphatic rings. The molecule has 1 N–H and O–H groups in total. The number of carbonyl (C=O) groups excluding carboxylic acids is 1. The molecule has 3 nitrogen and oxygen atoms in total. The minimum Gasteiger partial charge on any atom is -0.464 e. The van der Waals surface area contributed by atoms with Crippen LogP contribution in [-0.4, -0.2) is 29.1 Å². The fraction of sp³-hybridized carbons (Fsp3) is 0.533. The first-order valence-electron chi connectivity index (χ1n) is 6.70. The smallest absolute Gasteiger partial charge is 0.332 e. The van der Waals surface area contributed by atoms with Gasteiger partial charge in [0.05, 0.1) is 6.61 Å². The van der Waals surface area contributed by atoms with Gasteiger partial charge in [0.25, 0.3) is 0 Å². The summed E-state index contributed by atoms with van der Waals surface area (Å²) in [6.45, 7) is 6.48. The summed E-state index contributed by atoms with van der Waals surface area (Å²) in [6.07, 6.45) is 0.810. The number of hydrogen-bond acceptors (Lipinski definition) is 4. The number of benzene rings is 1. The first-order valence-corrected chi connectivity index (χ1v) is 7.75. The summed E-state index contributed by atoms with van der Waals surface area (Å²) >= 11 is 1.82. The zero-order valence-corrected chi connectivity index (χ0v) is 12.5. The van der Waals surface area contributed by atoms with Crippen molar-refractivity contribution in [2.24, 2.45) is 0 Å². The van der Waals surface area contributed by atoms with Crippen LogP contribution in [0.5, 0.6) is 0 Å². The van der Waals surface area contributed by atoms with Crippen molar-refractivity contribution in [3.63, 3.8) is 0 Å². The van der Waals surface area contributed by atoms with Gasteiger partial charge >= 0.3 is 5.97 Å². The molecule has 2 atom stereocenters. The van der Waals surface area contributed by atoms with Crippen LogP contribution in [0.15, 0.2) is 24.3 Å². The van der Waals surface area contributed by atoms with Gasteiger partial charge in [0.1, 0.15) is 5.54 Å². The molecule has 4 heteroatoms. The van der Waals surface area contributed by atoms with Gasteiger partial charge in [0.15, 0.2) is 0 Å². The number of rotatable bonds is 4. The summed E-state index contributed by atoms with van der Waals surface area (Å²) in [5.41, 5.74) is 1.59. The molecule has 104 valence electrons. The van der Waals surface area contributed by atoms with E-state index in [1.165, 1.54) is 0 Å². The van der Waals surface area contributed by atoms with Crippen molar-refractivity contribution in [1.29, 1.82) is 0 Å². The highest BCUT2D eigenvalue weighted by Gasteiger charge is 2.46. The van der Waals surface area contributed by atoms with Gasteiger partial charge in [0.2, 0.25) is 0 Å². The molecule has 1 aromatic rings. The summed E-state index contributed by atoms with van der Waals surface area (Å²) in [5.74, 6) is 0.636. The molecule has 0 spiro atoms. The van der Waals surface area contributed by atoms with E-state index in [1.807, 2.05) is 49.9 Å². The number of aryl methyl sites for hydroxylation is 1. The largest absolute Gasteiger partial charge is 0.464 e. The molecule has 1 aliphatic heterocycles. The van der Waals surface area contributed by atoms with E-state index in [9.17, 15) is 4.79 Å². The maximum atomic E-state index is 12.3. The number of anilines is 1. The van der Waals surface area contributed by atoms with Gasteiger partial charge in [-0.05, 0) is 31.9 Å². The number of nitrogens with one attached hydrogen (secondary N) is 1. The highest BCUT2D eigenvalue weighted by molar-refractivity contribution is 8.00. The van der Waals surface area contributed by atoms with Crippen LogP contribution in [0.4, 0.5) is 5.69 Å². The van der Waals surface area contributed by atoms with Crippen molar-refractivity contribution >= 4 is 23.4 Å². The lowest BCUT2D eigenvalue weighted by Gasteiger charge is -2.29. The van der Waals surface area contributed by atoms with E-state index in [0.29, 0.717) is 11.9 Å². The molecule has 0 amide bonds. The van der Waals surface area contributed by atoms with Crippen LogP contribution in [0.1, 0.15) is 25.8 Å². The molecule has 0 bridgehead atoms. The molecule has 0 aliphatic carbocycles. The number of thioether (sulfide) groups is 1. The van der Waals surface area contributed by atoms with Crippen LogP contribution in [0, 0.1) is 6.92 Å². The van der Waals surface area contributed by atoms with Gasteiger partial charge in [-0.3, -0.25) is 0 Å². The third-order valence-corrected chi connectivity index (χ3v) is 4.83. The standard InChI is InChI=1S/C15H21NO2S/c1-4-18-14(17)15(9-12(3)19-10-15)16-13-8-6-5-7-11(13)2/h5-8,12,16H,4,9-10H2,1-3H3. The van der Waals surface area contributed by atoms with Crippen LogP contribution in [-0.2, 0) is 9.53 Å². The molecule has 1 saturated heterocycles. The predicted molar refractivity (Wildman–Crippen MR) is 80.7 cm³/mol. The number of hydrogen-bond donors (Lipinski definition) is 1. The third kappa shape index (κ3) is 3.06. The summed E-state index contributed by atoms with van der Waals surface area (Å²) in [4.78, 5) is 12.3. The molecule has 0 radical (unpaired) electrons. The summed E-state index contributed by atoms with van der Waals surface area (Å²) in [5, 5.41) is 3.92. The lowest BCUT2D eigenvalue weighted by Crippen LogP contribution is -2.48. The Morgan fingerprint density at radius 3 is 2.84 bits per heavy atom. The Kier molecular flexibility index (Phi) is 4.40. The maximum absolute atomic E-state index is 12.3. The lowest BCUT2D eigenvalue weighted by atomic mass is 9.95. The average molecular weight is 279 g/mol. The lowest BCUT2D eigenvalue weighted by molar-refractivity contribution is -0.147. The van der Waals surface area contributed by atoms with Crippen LogP contribution in [0.2, 0.25) is 0 Å². The van der Waals surface area contributed by atoms with Gasteiger partial charge in [-0.15, -0.1) is 0 Å². The first-order chi connectivity index (χ1) is 9.07. The van der Waals surface area contributed by atoms with E-state index in [1.54, 1.807) is 0 Å². The van der Waals surface area contributed by atoms with Crippen molar-refractivity contribution in [3.05, 3.63) is 29.8 Å². The second-order valence-electron chi connectivity index (χ2n) is 5.07. The fourth-order valence-corrected chi connectivity index (χ4v) is 3.69. The average Bonchev–Trinajstić information content (AvgIpc) is 2.75. The minimum atomic E-state index is -0.577. The molecule has 2 rings (SSSR count). The van der Waals surface area contributed by atoms with E-state index in [2.05, 4.69) is 12.2 Å². The van der Waals surface area contributed by atoms with Crippen LogP contribution in [0.3, 0.4) is 0 Å². The van der Waals surface area contributed by atoms with Gasteiger partial charge in [-0.2, -0.15) is 11.8 Å². The van der Waals surface area contributed by atoms with E-state index in [4.69, 9.17) is 4.74 Å². The summed E-state index contributed by atoms with van der Waals surface area (Å²) in [7, 11) is 0. The second kappa shape index (κ2) is 5.87. The Hall–Kier alpha value is -1.16. The number of ether oxygens (including phenoxy) is 1. The minimum absolute atomic E-state index is 0.130. The number of carbonyl (C=O) groups is 1. The second-order valence-corrected chi connectivity index (χ2v) is 6.49. The van der Waals surface area contributed by atoms with Gasteiger partial charge in [-0.25, -0.2) is 4.79 Å². The van der Waals surface area contributed by atoms with E-state index in [0.717, 1.165) is 23.4 Å². The van der Waals surface area contributed by atoms with Crippen LogP contribution < -0.4 is 5.32 Å². The Bertz CT molecular complexity index is 463. The first kappa shape index (κ1) is 14.3. The van der Waals surface area contributed by atoms with Gasteiger partial charge in [-0.1, -0.05) is 25.1 Å². The molecule has 19 heavy (non-hydrogen) atoms. The van der Waals surface area contributed by atoms with Crippen molar-refractivity contribution in [2.45, 2.75) is 38.0 Å². The molecule has 1 fully saturated rings. The Labute approximate surface area is 119 Å². The molecule has 2 unspecified atom stereocenters. The van der Waals surface area contributed by atoms with Crippen LogP contribution >= 0.6 is 11.8 Å². The van der Waals surface area contributed by atoms with Crippen molar-refractivity contribution in [1.82, 2.24) is 0 Å². The molecule has 0 aromatic heterocycles. The van der Waals surface area contributed by atoms with Crippen molar-refractivity contribution in [2.75, 3.05) is 17.7 Å². The Balaban J connectivity index is 2.24. The Morgan fingerprint density at radius 2 is 2.26 bits per heavy atom. The molecule has 1 heterocycles. The number of esters is 1. The third-order valence-electron chi connectivity index (χ3n) is 3.44. The van der Waals surface area contributed by atoms with Crippen molar-refractivity contribution < 1.29 is 9.53 Å². The summed E-state index contributed by atoms with van der Waals surface area (Å²) < 4.78 is 5.27.